The molecular weight excluding hydrogens is 281 g/mol. The second-order valence-corrected chi connectivity index (χ2v) is 5.64. The number of nitrogens with one attached hydrogen (secondary N) is 1. The van der Waals surface area contributed by atoms with Gasteiger partial charge in [-0.2, -0.15) is 13.2 Å². The quantitative estimate of drug-likeness (QED) is 0.908. The first-order valence-electron chi connectivity index (χ1n) is 7.13. The normalized spacial score (nSPS) is 25.8. The largest absolute Gasteiger partial charge is 0.416 e. The first-order valence-corrected chi connectivity index (χ1v) is 7.13. The molecule has 6 heteroatoms. The third-order valence-corrected chi connectivity index (χ3v) is 4.20. The van der Waals surface area contributed by atoms with Crippen LogP contribution in [0.3, 0.4) is 0 Å². The van der Waals surface area contributed by atoms with E-state index in [4.69, 9.17) is 0 Å². The molecule has 1 saturated heterocycles. The number of benzene rings is 1. The number of carbonyl (C=O) groups excluding carboxylic acids is 1. The molecule has 1 heterocycles. The minimum atomic E-state index is -4.31. The third-order valence-electron chi connectivity index (χ3n) is 4.20. The highest BCUT2D eigenvalue weighted by Gasteiger charge is 2.46. The summed E-state index contributed by atoms with van der Waals surface area (Å²) in [5.74, 6) is 0.163. The number of halogens is 3. The molecule has 0 aromatic heterocycles. The molecule has 3 rings (SSSR count). The van der Waals surface area contributed by atoms with Gasteiger partial charge in [-0.15, -0.1) is 0 Å². The Morgan fingerprint density at radius 1 is 1.14 bits per heavy atom. The van der Waals surface area contributed by atoms with Gasteiger partial charge in [0.1, 0.15) is 0 Å². The maximum atomic E-state index is 12.5. The van der Waals surface area contributed by atoms with Crippen molar-refractivity contribution in [3.05, 3.63) is 35.4 Å². The van der Waals surface area contributed by atoms with Crippen LogP contribution in [0, 0.1) is 5.92 Å². The highest BCUT2D eigenvalue weighted by atomic mass is 19.4. The fraction of sp³-hybridized carbons (Fsp3) is 0.533. The molecule has 2 fully saturated rings. The molecule has 0 bridgehead atoms. The summed E-state index contributed by atoms with van der Waals surface area (Å²) in [4.78, 5) is 14.1. The van der Waals surface area contributed by atoms with E-state index in [0.717, 1.165) is 50.3 Å². The van der Waals surface area contributed by atoms with Crippen LogP contribution in [0.5, 0.6) is 0 Å². The lowest BCUT2D eigenvalue weighted by Crippen LogP contribution is -2.47. The van der Waals surface area contributed by atoms with Gasteiger partial charge >= 0.3 is 6.18 Å². The first kappa shape index (κ1) is 14.4. The lowest BCUT2D eigenvalue weighted by Gasteiger charge is -2.27. The van der Waals surface area contributed by atoms with E-state index in [-0.39, 0.29) is 17.7 Å². The molecule has 1 saturated carbocycles. The summed E-state index contributed by atoms with van der Waals surface area (Å²) >= 11 is 0. The Kier molecular flexibility index (Phi) is 3.65. The van der Waals surface area contributed by atoms with Gasteiger partial charge in [-0.05, 0) is 30.0 Å². The molecule has 2 unspecified atom stereocenters. The fourth-order valence-corrected chi connectivity index (χ4v) is 2.88. The number of alkyl halides is 3. The van der Waals surface area contributed by atoms with Crippen molar-refractivity contribution in [1.82, 2.24) is 10.2 Å². The highest BCUT2D eigenvalue weighted by Crippen LogP contribution is 2.48. The van der Waals surface area contributed by atoms with Gasteiger partial charge in [0.25, 0.3) is 0 Å². The molecule has 21 heavy (non-hydrogen) atoms. The first-order chi connectivity index (χ1) is 9.97. The minimum absolute atomic E-state index is 0.0557. The summed E-state index contributed by atoms with van der Waals surface area (Å²) in [5.41, 5.74) is 0.188. The van der Waals surface area contributed by atoms with Crippen molar-refractivity contribution in [1.29, 1.82) is 0 Å². The number of hydrogen-bond donors (Lipinski definition) is 1. The fourth-order valence-electron chi connectivity index (χ4n) is 2.88. The lowest BCUT2D eigenvalue weighted by atomic mass is 10.1. The summed E-state index contributed by atoms with van der Waals surface area (Å²) in [5, 5.41) is 3.19. The monoisotopic (exact) mass is 298 g/mol. The molecule has 2 atom stereocenters. The Labute approximate surface area is 121 Å². The van der Waals surface area contributed by atoms with Crippen LogP contribution in [0.1, 0.15) is 23.5 Å². The maximum absolute atomic E-state index is 12.5. The van der Waals surface area contributed by atoms with Gasteiger partial charge < -0.3 is 10.2 Å². The van der Waals surface area contributed by atoms with Crippen molar-refractivity contribution >= 4 is 5.91 Å². The van der Waals surface area contributed by atoms with Gasteiger partial charge in [0.2, 0.25) is 5.91 Å². The number of hydrogen-bond acceptors (Lipinski definition) is 2. The van der Waals surface area contributed by atoms with Crippen LogP contribution in [-0.2, 0) is 11.0 Å². The Morgan fingerprint density at radius 3 is 2.33 bits per heavy atom. The van der Waals surface area contributed by atoms with Crippen LogP contribution in [0.4, 0.5) is 13.2 Å². The van der Waals surface area contributed by atoms with Crippen molar-refractivity contribution in [3.63, 3.8) is 0 Å². The van der Waals surface area contributed by atoms with E-state index < -0.39 is 11.7 Å². The predicted octanol–water partition coefficient (Wildman–Crippen LogP) is 2.24. The number of nitrogens with zero attached hydrogens (tertiary/aromatic N) is 1. The molecule has 3 nitrogen and oxygen atoms in total. The van der Waals surface area contributed by atoms with Gasteiger partial charge in [-0.1, -0.05) is 12.1 Å². The Bertz CT molecular complexity index is 521. The van der Waals surface area contributed by atoms with E-state index in [0.29, 0.717) is 0 Å². The smallest absolute Gasteiger partial charge is 0.340 e. The molecule has 1 aromatic carbocycles. The zero-order valence-corrected chi connectivity index (χ0v) is 11.5. The number of amides is 1. The standard InChI is InChI=1S/C15H17F3N2O/c16-15(17,18)11-3-1-10(2-4-11)12-9-13(12)14(21)20-7-5-19-6-8-20/h1-4,12-13,19H,5-9H2. The molecule has 114 valence electrons. The van der Waals surface area contributed by atoms with Crippen LogP contribution < -0.4 is 5.32 Å². The lowest BCUT2D eigenvalue weighted by molar-refractivity contribution is -0.137. The van der Waals surface area contributed by atoms with E-state index in [1.165, 1.54) is 12.1 Å². The summed E-state index contributed by atoms with van der Waals surface area (Å²) in [6.45, 7) is 3.05. The molecule has 1 amide bonds. The number of carbonyl (C=O) groups is 1. The van der Waals surface area contributed by atoms with Crippen LogP contribution in [0.2, 0.25) is 0 Å². The van der Waals surface area contributed by atoms with E-state index in [1.54, 1.807) is 0 Å². The van der Waals surface area contributed by atoms with Gasteiger partial charge in [0.15, 0.2) is 0 Å². The second-order valence-electron chi connectivity index (χ2n) is 5.64. The Balaban J connectivity index is 1.63. The summed E-state index contributed by atoms with van der Waals surface area (Å²) in [6.07, 6.45) is -3.56. The van der Waals surface area contributed by atoms with E-state index in [2.05, 4.69) is 5.32 Å². The van der Waals surface area contributed by atoms with E-state index in [1.807, 2.05) is 4.90 Å². The SMILES string of the molecule is O=C(C1CC1c1ccc(C(F)(F)F)cc1)N1CCNCC1. The van der Waals surface area contributed by atoms with Crippen LogP contribution >= 0.6 is 0 Å². The van der Waals surface area contributed by atoms with E-state index >= 15 is 0 Å². The molecular formula is C15H17F3N2O. The van der Waals surface area contributed by atoms with Crippen molar-refractivity contribution < 1.29 is 18.0 Å². The molecule has 1 aliphatic heterocycles. The Morgan fingerprint density at radius 2 is 1.76 bits per heavy atom. The summed E-state index contributed by atoms with van der Waals surface area (Å²) in [6, 6.07) is 5.19. The minimum Gasteiger partial charge on any atom is -0.340 e. The average molecular weight is 298 g/mol. The van der Waals surface area contributed by atoms with Crippen LogP contribution in [0.15, 0.2) is 24.3 Å². The van der Waals surface area contributed by atoms with Crippen molar-refractivity contribution in [2.45, 2.75) is 18.5 Å². The van der Waals surface area contributed by atoms with Gasteiger partial charge in [0.05, 0.1) is 5.56 Å². The zero-order valence-electron chi connectivity index (χ0n) is 11.5. The third kappa shape index (κ3) is 3.05. The molecule has 1 aliphatic carbocycles. The summed E-state index contributed by atoms with van der Waals surface area (Å²) < 4.78 is 37.6. The predicted molar refractivity (Wildman–Crippen MR) is 71.7 cm³/mol. The number of rotatable bonds is 2. The number of piperazine rings is 1. The van der Waals surface area contributed by atoms with Crippen LogP contribution in [-0.4, -0.2) is 37.0 Å². The van der Waals surface area contributed by atoms with Gasteiger partial charge in [-0.25, -0.2) is 0 Å². The second kappa shape index (κ2) is 5.33. The summed E-state index contributed by atoms with van der Waals surface area (Å²) in [7, 11) is 0. The van der Waals surface area contributed by atoms with Gasteiger partial charge in [-0.3, -0.25) is 4.79 Å². The van der Waals surface area contributed by atoms with E-state index in [9.17, 15) is 18.0 Å². The molecule has 2 aliphatic rings. The molecule has 0 radical (unpaired) electrons. The van der Waals surface area contributed by atoms with Crippen molar-refractivity contribution in [2.75, 3.05) is 26.2 Å². The topological polar surface area (TPSA) is 32.3 Å². The molecule has 1 N–H and O–H groups in total. The highest BCUT2D eigenvalue weighted by molar-refractivity contribution is 5.83. The maximum Gasteiger partial charge on any atom is 0.416 e. The van der Waals surface area contributed by atoms with Gasteiger partial charge in [0, 0.05) is 32.1 Å². The Hall–Kier alpha value is -1.56. The van der Waals surface area contributed by atoms with Crippen molar-refractivity contribution in [3.8, 4) is 0 Å². The molecule has 1 aromatic rings. The molecule has 0 spiro atoms. The average Bonchev–Trinajstić information content (AvgIpc) is 3.27. The van der Waals surface area contributed by atoms with Crippen LogP contribution in [0.25, 0.3) is 0 Å². The zero-order chi connectivity index (χ0) is 15.0. The van der Waals surface area contributed by atoms with Crippen molar-refractivity contribution in [2.24, 2.45) is 5.92 Å².